The molecule has 0 bridgehead atoms. The van der Waals surface area contributed by atoms with Crippen LogP contribution in [0.3, 0.4) is 0 Å². The van der Waals surface area contributed by atoms with Crippen LogP contribution in [-0.2, 0) is 11.2 Å². The van der Waals surface area contributed by atoms with Gasteiger partial charge in [0, 0.05) is 31.7 Å². The van der Waals surface area contributed by atoms with Gasteiger partial charge in [0.05, 0.1) is 13.5 Å². The van der Waals surface area contributed by atoms with Crippen LogP contribution in [0.1, 0.15) is 32.8 Å². The zero-order valence-corrected chi connectivity index (χ0v) is 16.0. The number of hydrogen-bond acceptors (Lipinski definition) is 3. The predicted octanol–water partition coefficient (Wildman–Crippen LogP) is 2.42. The third kappa shape index (κ3) is 5.61. The van der Waals surface area contributed by atoms with Gasteiger partial charge in [0.25, 0.3) is 0 Å². The van der Waals surface area contributed by atoms with E-state index in [1.165, 1.54) is 19.2 Å². The highest BCUT2D eigenvalue weighted by molar-refractivity contribution is 5.79. The first-order chi connectivity index (χ1) is 12.2. The van der Waals surface area contributed by atoms with E-state index < -0.39 is 5.82 Å². The number of nitrogens with one attached hydrogen (secondary N) is 1. The van der Waals surface area contributed by atoms with E-state index in [0.29, 0.717) is 31.7 Å². The van der Waals surface area contributed by atoms with Gasteiger partial charge in [-0.2, -0.15) is 0 Å². The quantitative estimate of drug-likeness (QED) is 0.895. The molecule has 2 rings (SSSR count). The van der Waals surface area contributed by atoms with Crippen LogP contribution in [0.4, 0.5) is 9.18 Å². The molecule has 26 heavy (non-hydrogen) atoms. The van der Waals surface area contributed by atoms with E-state index in [1.54, 1.807) is 15.9 Å². The highest BCUT2D eigenvalue weighted by Crippen LogP contribution is 2.18. The molecular weight excluding hydrogens is 337 g/mol. The van der Waals surface area contributed by atoms with Crippen LogP contribution in [0.2, 0.25) is 0 Å². The maximum Gasteiger partial charge on any atom is 0.317 e. The molecule has 6 nitrogen and oxygen atoms in total. The van der Waals surface area contributed by atoms with E-state index in [9.17, 15) is 14.0 Å². The Morgan fingerprint density at radius 2 is 1.81 bits per heavy atom. The second kappa shape index (κ2) is 8.38. The number of nitrogens with zero attached hydrogens (tertiary/aromatic N) is 2. The number of carbonyl (C=O) groups excluding carboxylic acids is 2. The van der Waals surface area contributed by atoms with E-state index in [-0.39, 0.29) is 29.6 Å². The Morgan fingerprint density at radius 3 is 2.42 bits per heavy atom. The minimum Gasteiger partial charge on any atom is -0.494 e. The van der Waals surface area contributed by atoms with Gasteiger partial charge in [0.2, 0.25) is 5.91 Å². The molecule has 0 aliphatic carbocycles. The lowest BCUT2D eigenvalue weighted by Gasteiger charge is -2.27. The summed E-state index contributed by atoms with van der Waals surface area (Å²) in [4.78, 5) is 28.3. The van der Waals surface area contributed by atoms with Gasteiger partial charge in [-0.05, 0) is 44.9 Å². The highest BCUT2D eigenvalue weighted by atomic mass is 19.1. The normalized spacial score (nSPS) is 15.4. The molecule has 0 saturated carbocycles. The Balaban J connectivity index is 1.93. The number of hydrogen-bond donors (Lipinski definition) is 1. The van der Waals surface area contributed by atoms with E-state index in [2.05, 4.69) is 5.32 Å². The van der Waals surface area contributed by atoms with Crippen LogP contribution in [0, 0.1) is 5.82 Å². The molecule has 0 radical (unpaired) electrons. The minimum atomic E-state index is -0.473. The van der Waals surface area contributed by atoms with E-state index >= 15 is 0 Å². The monoisotopic (exact) mass is 365 g/mol. The Labute approximate surface area is 154 Å². The first kappa shape index (κ1) is 20.0. The van der Waals surface area contributed by atoms with Crippen molar-refractivity contribution in [1.29, 1.82) is 0 Å². The predicted molar refractivity (Wildman–Crippen MR) is 97.7 cm³/mol. The largest absolute Gasteiger partial charge is 0.494 e. The van der Waals surface area contributed by atoms with Crippen molar-refractivity contribution < 1.29 is 18.7 Å². The molecule has 1 aromatic rings. The lowest BCUT2D eigenvalue weighted by atomic mass is 10.1. The van der Waals surface area contributed by atoms with Crippen molar-refractivity contribution in [2.24, 2.45) is 0 Å². The van der Waals surface area contributed by atoms with Gasteiger partial charge in [-0.1, -0.05) is 6.07 Å². The molecule has 1 heterocycles. The highest BCUT2D eigenvalue weighted by Gasteiger charge is 2.24. The standard InChI is InChI=1S/C19H28FN3O3/c1-19(2,3)21-18(25)23-9-5-8-22(10-11-23)17(24)13-14-6-7-16(26-4)15(20)12-14/h6-7,12H,5,8-11,13H2,1-4H3,(H,21,25). The number of urea groups is 1. The van der Waals surface area contributed by atoms with E-state index in [4.69, 9.17) is 4.74 Å². The maximum absolute atomic E-state index is 13.8. The fourth-order valence-electron chi connectivity index (χ4n) is 2.88. The van der Waals surface area contributed by atoms with E-state index in [1.807, 2.05) is 20.8 Å². The fourth-order valence-corrected chi connectivity index (χ4v) is 2.88. The average molecular weight is 365 g/mol. The topological polar surface area (TPSA) is 61.9 Å². The zero-order chi connectivity index (χ0) is 19.3. The Hall–Kier alpha value is -2.31. The molecule has 0 atom stereocenters. The van der Waals surface area contributed by atoms with Gasteiger partial charge >= 0.3 is 6.03 Å². The van der Waals surface area contributed by atoms with Gasteiger partial charge in [-0.25, -0.2) is 9.18 Å². The van der Waals surface area contributed by atoms with Gasteiger partial charge in [0.1, 0.15) is 0 Å². The molecule has 0 spiro atoms. The van der Waals surface area contributed by atoms with Crippen LogP contribution in [-0.4, -0.2) is 60.6 Å². The molecule has 1 aliphatic heterocycles. The fraction of sp³-hybridized carbons (Fsp3) is 0.579. The first-order valence-corrected chi connectivity index (χ1v) is 8.87. The zero-order valence-electron chi connectivity index (χ0n) is 16.0. The van der Waals surface area contributed by atoms with Crippen LogP contribution in [0.15, 0.2) is 18.2 Å². The van der Waals surface area contributed by atoms with Gasteiger partial charge < -0.3 is 19.9 Å². The summed E-state index contributed by atoms with van der Waals surface area (Å²) < 4.78 is 18.7. The molecule has 7 heteroatoms. The molecule has 144 valence electrons. The number of methoxy groups -OCH3 is 1. The summed E-state index contributed by atoms with van der Waals surface area (Å²) in [6.45, 7) is 7.99. The Morgan fingerprint density at radius 1 is 1.15 bits per heavy atom. The first-order valence-electron chi connectivity index (χ1n) is 8.87. The molecule has 1 aliphatic rings. The third-order valence-corrected chi connectivity index (χ3v) is 4.19. The summed E-state index contributed by atoms with van der Waals surface area (Å²) in [5.41, 5.74) is 0.317. The van der Waals surface area contributed by atoms with Crippen molar-refractivity contribution in [1.82, 2.24) is 15.1 Å². The van der Waals surface area contributed by atoms with Crippen molar-refractivity contribution >= 4 is 11.9 Å². The molecule has 1 N–H and O–H groups in total. The summed E-state index contributed by atoms with van der Waals surface area (Å²) in [7, 11) is 1.40. The SMILES string of the molecule is COc1ccc(CC(=O)N2CCCN(C(=O)NC(C)(C)C)CC2)cc1F. The van der Waals surface area contributed by atoms with Crippen LogP contribution >= 0.6 is 0 Å². The van der Waals surface area contributed by atoms with Crippen molar-refractivity contribution in [3.05, 3.63) is 29.6 Å². The van der Waals surface area contributed by atoms with Crippen molar-refractivity contribution in [2.75, 3.05) is 33.3 Å². The van der Waals surface area contributed by atoms with Crippen LogP contribution in [0.25, 0.3) is 0 Å². The molecule has 0 aromatic heterocycles. The van der Waals surface area contributed by atoms with Gasteiger partial charge in [-0.15, -0.1) is 0 Å². The number of carbonyl (C=O) groups is 2. The second-order valence-electron chi connectivity index (χ2n) is 7.55. The average Bonchev–Trinajstić information content (AvgIpc) is 2.79. The lowest BCUT2D eigenvalue weighted by molar-refractivity contribution is -0.130. The summed E-state index contributed by atoms with van der Waals surface area (Å²) >= 11 is 0. The minimum absolute atomic E-state index is 0.0624. The van der Waals surface area contributed by atoms with E-state index in [0.717, 1.165) is 6.42 Å². The second-order valence-corrected chi connectivity index (χ2v) is 7.55. The molecule has 3 amide bonds. The Kier molecular flexibility index (Phi) is 6.45. The van der Waals surface area contributed by atoms with Crippen molar-refractivity contribution in [2.45, 2.75) is 39.2 Å². The number of amides is 3. The number of halogens is 1. The summed E-state index contributed by atoms with van der Waals surface area (Å²) in [5, 5.41) is 2.95. The summed E-state index contributed by atoms with van der Waals surface area (Å²) in [6.07, 6.45) is 0.857. The summed E-state index contributed by atoms with van der Waals surface area (Å²) in [5.74, 6) is -0.372. The molecule has 1 fully saturated rings. The molecule has 0 unspecified atom stereocenters. The van der Waals surface area contributed by atoms with Gasteiger partial charge in [0.15, 0.2) is 11.6 Å². The van der Waals surface area contributed by atoms with Gasteiger partial charge in [-0.3, -0.25) is 4.79 Å². The summed E-state index contributed by atoms with van der Waals surface area (Å²) in [6, 6.07) is 4.45. The smallest absolute Gasteiger partial charge is 0.317 e. The van der Waals surface area contributed by atoms with Crippen molar-refractivity contribution in [3.63, 3.8) is 0 Å². The number of ether oxygens (including phenoxy) is 1. The third-order valence-electron chi connectivity index (χ3n) is 4.19. The molecule has 1 saturated heterocycles. The maximum atomic E-state index is 13.8. The Bertz CT molecular complexity index is 658. The van der Waals surface area contributed by atoms with Crippen molar-refractivity contribution in [3.8, 4) is 5.75 Å². The number of benzene rings is 1. The van der Waals surface area contributed by atoms with Crippen LogP contribution in [0.5, 0.6) is 5.75 Å². The molecular formula is C19H28FN3O3. The lowest BCUT2D eigenvalue weighted by Crippen LogP contribution is -2.49. The molecule has 1 aromatic carbocycles. The number of rotatable bonds is 3. The van der Waals surface area contributed by atoms with Crippen LogP contribution < -0.4 is 10.1 Å².